The van der Waals surface area contributed by atoms with Crippen molar-refractivity contribution >= 4 is 17.6 Å². The standard InChI is InChI=1S/C23H23NO5/c1-22(2,17-7-4-3-5-8-17)15-23(28,11-6-12-25)21(27)24-18-9-10-19-16(13-18)14-29-20(19)26/h3-5,7-10,13,25,28H,12,14-15H2,1-2H3,(H,24,27). The quantitative estimate of drug-likeness (QED) is 0.536. The number of esters is 1. The summed E-state index contributed by atoms with van der Waals surface area (Å²) in [4.78, 5) is 24.5. The summed E-state index contributed by atoms with van der Waals surface area (Å²) < 4.78 is 4.97. The van der Waals surface area contributed by atoms with Crippen molar-refractivity contribution < 1.29 is 24.5 Å². The molecule has 0 radical (unpaired) electrons. The maximum absolute atomic E-state index is 13.0. The number of aliphatic hydroxyl groups excluding tert-OH is 1. The first-order valence-electron chi connectivity index (χ1n) is 9.25. The number of nitrogens with one attached hydrogen (secondary N) is 1. The summed E-state index contributed by atoms with van der Waals surface area (Å²) in [6, 6.07) is 14.3. The molecule has 0 fully saturated rings. The molecule has 2 aromatic carbocycles. The van der Waals surface area contributed by atoms with E-state index < -0.39 is 29.5 Å². The third kappa shape index (κ3) is 4.48. The van der Waals surface area contributed by atoms with E-state index in [0.717, 1.165) is 5.56 Å². The molecule has 1 heterocycles. The van der Waals surface area contributed by atoms with Crippen LogP contribution in [0.3, 0.4) is 0 Å². The Morgan fingerprint density at radius 3 is 2.62 bits per heavy atom. The number of amides is 1. The van der Waals surface area contributed by atoms with Crippen LogP contribution in [0.15, 0.2) is 48.5 Å². The first kappa shape index (κ1) is 20.6. The Labute approximate surface area is 169 Å². The zero-order valence-corrected chi connectivity index (χ0v) is 16.4. The normalized spacial score (nSPS) is 14.8. The highest BCUT2D eigenvalue weighted by molar-refractivity contribution is 6.00. The number of hydrogen-bond donors (Lipinski definition) is 3. The molecule has 0 saturated carbocycles. The number of carbonyl (C=O) groups is 2. The summed E-state index contributed by atoms with van der Waals surface area (Å²) >= 11 is 0. The largest absolute Gasteiger partial charge is 0.457 e. The minimum Gasteiger partial charge on any atom is -0.457 e. The Balaban J connectivity index is 1.86. The summed E-state index contributed by atoms with van der Waals surface area (Å²) in [5.74, 6) is 3.83. The van der Waals surface area contributed by atoms with Crippen molar-refractivity contribution in [3.63, 3.8) is 0 Å². The molecule has 0 bridgehead atoms. The minimum absolute atomic E-state index is 0.0232. The number of benzene rings is 2. The third-order valence-corrected chi connectivity index (χ3v) is 4.94. The van der Waals surface area contributed by atoms with Crippen LogP contribution >= 0.6 is 0 Å². The first-order valence-corrected chi connectivity index (χ1v) is 9.25. The molecular weight excluding hydrogens is 370 g/mol. The smallest absolute Gasteiger partial charge is 0.338 e. The van der Waals surface area contributed by atoms with Gasteiger partial charge in [-0.15, -0.1) is 0 Å². The second kappa shape index (κ2) is 8.08. The van der Waals surface area contributed by atoms with E-state index in [1.165, 1.54) is 0 Å². The summed E-state index contributed by atoms with van der Waals surface area (Å²) in [5, 5.41) is 22.9. The molecule has 29 heavy (non-hydrogen) atoms. The van der Waals surface area contributed by atoms with Crippen LogP contribution in [0, 0.1) is 11.8 Å². The van der Waals surface area contributed by atoms with Gasteiger partial charge in [-0.25, -0.2) is 4.79 Å². The summed E-state index contributed by atoms with van der Waals surface area (Å²) in [5.41, 5.74) is -0.0757. The summed E-state index contributed by atoms with van der Waals surface area (Å²) in [6.07, 6.45) is 0.0232. The fourth-order valence-electron chi connectivity index (χ4n) is 3.44. The lowest BCUT2D eigenvalue weighted by molar-refractivity contribution is -0.130. The Kier molecular flexibility index (Phi) is 5.73. The Hall–Kier alpha value is -3.14. The number of hydrogen-bond acceptors (Lipinski definition) is 5. The fourth-order valence-corrected chi connectivity index (χ4v) is 3.44. The van der Waals surface area contributed by atoms with Crippen LogP contribution in [0.25, 0.3) is 0 Å². The van der Waals surface area contributed by atoms with Gasteiger partial charge in [0, 0.05) is 17.7 Å². The highest BCUT2D eigenvalue weighted by Crippen LogP contribution is 2.33. The average molecular weight is 393 g/mol. The van der Waals surface area contributed by atoms with E-state index >= 15 is 0 Å². The topological polar surface area (TPSA) is 95.9 Å². The van der Waals surface area contributed by atoms with Crippen LogP contribution in [-0.2, 0) is 21.6 Å². The molecule has 0 saturated heterocycles. The van der Waals surface area contributed by atoms with Crippen molar-refractivity contribution in [3.8, 4) is 11.8 Å². The lowest BCUT2D eigenvalue weighted by Gasteiger charge is -2.32. The van der Waals surface area contributed by atoms with Gasteiger partial charge in [-0.1, -0.05) is 56.0 Å². The molecule has 6 heteroatoms. The second-order valence-electron chi connectivity index (χ2n) is 7.65. The minimum atomic E-state index is -2.02. The number of carbonyl (C=O) groups excluding carboxylic acids is 2. The van der Waals surface area contributed by atoms with Gasteiger partial charge in [-0.05, 0) is 29.2 Å². The molecule has 1 unspecified atom stereocenters. The van der Waals surface area contributed by atoms with Crippen molar-refractivity contribution in [3.05, 3.63) is 65.2 Å². The Morgan fingerprint density at radius 2 is 1.93 bits per heavy atom. The molecule has 0 aliphatic carbocycles. The molecule has 3 rings (SSSR count). The van der Waals surface area contributed by atoms with Gasteiger partial charge in [0.2, 0.25) is 5.60 Å². The van der Waals surface area contributed by atoms with E-state index in [4.69, 9.17) is 9.84 Å². The lowest BCUT2D eigenvalue weighted by Crippen LogP contribution is -2.46. The number of ether oxygens (including phenoxy) is 1. The Bertz CT molecular complexity index is 987. The maximum Gasteiger partial charge on any atom is 0.338 e. The number of rotatable bonds is 5. The zero-order chi connectivity index (χ0) is 21.1. The van der Waals surface area contributed by atoms with Gasteiger partial charge in [-0.2, -0.15) is 0 Å². The molecule has 150 valence electrons. The van der Waals surface area contributed by atoms with Gasteiger partial charge in [-0.3, -0.25) is 4.79 Å². The van der Waals surface area contributed by atoms with E-state index in [9.17, 15) is 14.7 Å². The zero-order valence-electron chi connectivity index (χ0n) is 16.4. The van der Waals surface area contributed by atoms with Crippen LogP contribution < -0.4 is 5.32 Å². The van der Waals surface area contributed by atoms with Crippen molar-refractivity contribution in [2.45, 2.75) is 37.9 Å². The van der Waals surface area contributed by atoms with Crippen molar-refractivity contribution in [2.75, 3.05) is 11.9 Å². The van der Waals surface area contributed by atoms with E-state index in [0.29, 0.717) is 16.8 Å². The number of cyclic esters (lactones) is 1. The predicted octanol–water partition coefficient (Wildman–Crippen LogP) is 2.39. The summed E-state index contributed by atoms with van der Waals surface area (Å²) in [6.45, 7) is 3.51. The highest BCUT2D eigenvalue weighted by atomic mass is 16.5. The van der Waals surface area contributed by atoms with Gasteiger partial charge in [0.15, 0.2) is 0 Å². The van der Waals surface area contributed by atoms with Crippen LogP contribution in [0.2, 0.25) is 0 Å². The van der Waals surface area contributed by atoms with E-state index in [2.05, 4.69) is 17.2 Å². The predicted molar refractivity (Wildman–Crippen MR) is 108 cm³/mol. The first-order chi connectivity index (χ1) is 13.7. The number of fused-ring (bicyclic) bond motifs is 1. The molecule has 1 amide bonds. The lowest BCUT2D eigenvalue weighted by atomic mass is 9.75. The van der Waals surface area contributed by atoms with E-state index in [-0.39, 0.29) is 13.0 Å². The van der Waals surface area contributed by atoms with Crippen LogP contribution in [-0.4, -0.2) is 34.3 Å². The third-order valence-electron chi connectivity index (χ3n) is 4.94. The van der Waals surface area contributed by atoms with Gasteiger partial charge in [0.25, 0.3) is 5.91 Å². The molecule has 0 spiro atoms. The average Bonchev–Trinajstić information content (AvgIpc) is 3.07. The van der Waals surface area contributed by atoms with Gasteiger partial charge in [0.1, 0.15) is 13.2 Å². The van der Waals surface area contributed by atoms with Gasteiger partial charge >= 0.3 is 5.97 Å². The van der Waals surface area contributed by atoms with E-state index in [1.54, 1.807) is 18.2 Å². The molecule has 1 aliphatic heterocycles. The summed E-state index contributed by atoms with van der Waals surface area (Å²) in [7, 11) is 0. The van der Waals surface area contributed by atoms with Gasteiger partial charge < -0.3 is 20.3 Å². The molecule has 6 nitrogen and oxygen atoms in total. The molecule has 3 N–H and O–H groups in total. The fraction of sp³-hybridized carbons (Fsp3) is 0.304. The van der Waals surface area contributed by atoms with Crippen molar-refractivity contribution in [1.29, 1.82) is 0 Å². The molecule has 2 aromatic rings. The monoisotopic (exact) mass is 393 g/mol. The molecular formula is C23H23NO5. The maximum atomic E-state index is 13.0. The van der Waals surface area contributed by atoms with Crippen molar-refractivity contribution in [1.82, 2.24) is 0 Å². The van der Waals surface area contributed by atoms with Gasteiger partial charge in [0.05, 0.1) is 5.56 Å². The second-order valence-corrected chi connectivity index (χ2v) is 7.65. The highest BCUT2D eigenvalue weighted by Gasteiger charge is 2.41. The van der Waals surface area contributed by atoms with Crippen LogP contribution in [0.4, 0.5) is 5.69 Å². The molecule has 1 aliphatic rings. The SMILES string of the molecule is CC(C)(CC(O)(C#CCO)C(=O)Nc1ccc2c(c1)COC2=O)c1ccccc1. The van der Waals surface area contributed by atoms with Crippen LogP contribution in [0.5, 0.6) is 0 Å². The number of aliphatic hydroxyl groups is 2. The Morgan fingerprint density at radius 1 is 1.21 bits per heavy atom. The van der Waals surface area contributed by atoms with E-state index in [1.807, 2.05) is 44.2 Å². The molecule has 0 aromatic heterocycles. The number of anilines is 1. The molecule has 1 atom stereocenters. The van der Waals surface area contributed by atoms with Crippen molar-refractivity contribution in [2.24, 2.45) is 0 Å². The van der Waals surface area contributed by atoms with Crippen LogP contribution in [0.1, 0.15) is 41.8 Å².